The Morgan fingerprint density at radius 3 is 2.65 bits per heavy atom. The Bertz CT molecular complexity index is 443. The highest BCUT2D eigenvalue weighted by atomic mass is 16.2. The highest BCUT2D eigenvalue weighted by Crippen LogP contribution is 2.09. The average Bonchev–Trinajstić information content (AvgIpc) is 2.84. The van der Waals surface area contributed by atoms with Gasteiger partial charge in [-0.25, -0.2) is 4.68 Å². The summed E-state index contributed by atoms with van der Waals surface area (Å²) < 4.78 is 1.64. The number of amides is 1. The summed E-state index contributed by atoms with van der Waals surface area (Å²) in [5.74, 6) is 0.143. The molecule has 1 saturated heterocycles. The number of nitrogens with zero attached hydrogens (tertiary/aromatic N) is 4. The molecule has 1 N–H and O–H groups in total. The first kappa shape index (κ1) is 15.0. The molecule has 0 radical (unpaired) electrons. The van der Waals surface area contributed by atoms with Crippen LogP contribution in [0.5, 0.6) is 0 Å². The normalized spacial score (nSPS) is 16.4. The first-order valence-electron chi connectivity index (χ1n) is 7.36. The van der Waals surface area contributed by atoms with E-state index in [4.69, 9.17) is 0 Å². The van der Waals surface area contributed by atoms with Gasteiger partial charge in [-0.3, -0.25) is 4.79 Å². The van der Waals surface area contributed by atoms with Gasteiger partial charge in [-0.2, -0.15) is 0 Å². The third-order valence-corrected chi connectivity index (χ3v) is 3.39. The number of piperidine rings is 1. The predicted molar refractivity (Wildman–Crippen MR) is 77.0 cm³/mol. The van der Waals surface area contributed by atoms with E-state index < -0.39 is 0 Å². The second kappa shape index (κ2) is 6.35. The molecule has 2 heterocycles. The number of aromatic nitrogens is 3. The first-order chi connectivity index (χ1) is 9.44. The lowest BCUT2D eigenvalue weighted by Crippen LogP contribution is -2.37. The lowest BCUT2D eigenvalue weighted by molar-refractivity contribution is -0.132. The summed E-state index contributed by atoms with van der Waals surface area (Å²) in [6, 6.07) is 0. The Morgan fingerprint density at radius 2 is 2.00 bits per heavy atom. The molecule has 112 valence electrons. The third-order valence-electron chi connectivity index (χ3n) is 3.39. The van der Waals surface area contributed by atoms with Crippen LogP contribution in [0.1, 0.15) is 45.7 Å². The quantitative estimate of drug-likeness (QED) is 0.899. The zero-order valence-electron chi connectivity index (χ0n) is 12.7. The maximum Gasteiger partial charge on any atom is 0.244 e. The molecular formula is C14H25N5O. The minimum atomic E-state index is 0.0490. The Morgan fingerprint density at radius 1 is 1.30 bits per heavy atom. The topological polar surface area (TPSA) is 63.1 Å². The third kappa shape index (κ3) is 4.59. The lowest BCUT2D eigenvalue weighted by Gasteiger charge is -2.26. The van der Waals surface area contributed by atoms with Crippen molar-refractivity contribution in [2.75, 3.05) is 13.1 Å². The van der Waals surface area contributed by atoms with Crippen LogP contribution in [-0.2, 0) is 17.9 Å². The number of carbonyl (C=O) groups excluding carboxylic acids is 1. The molecule has 1 amide bonds. The minimum Gasteiger partial charge on any atom is -0.341 e. The fraction of sp³-hybridized carbons (Fsp3) is 0.786. The van der Waals surface area contributed by atoms with E-state index in [1.165, 1.54) is 6.42 Å². The maximum atomic E-state index is 12.1. The summed E-state index contributed by atoms with van der Waals surface area (Å²) in [4.78, 5) is 14.0. The molecule has 0 saturated carbocycles. The van der Waals surface area contributed by atoms with Gasteiger partial charge in [-0.1, -0.05) is 5.21 Å². The van der Waals surface area contributed by atoms with E-state index in [1.807, 2.05) is 11.1 Å². The molecule has 6 heteroatoms. The van der Waals surface area contributed by atoms with Crippen LogP contribution in [0.25, 0.3) is 0 Å². The molecule has 1 aromatic heterocycles. The molecule has 0 spiro atoms. The van der Waals surface area contributed by atoms with Crippen molar-refractivity contribution in [3.63, 3.8) is 0 Å². The van der Waals surface area contributed by atoms with Crippen LogP contribution in [-0.4, -0.2) is 44.4 Å². The van der Waals surface area contributed by atoms with Crippen molar-refractivity contribution in [1.29, 1.82) is 0 Å². The van der Waals surface area contributed by atoms with Crippen molar-refractivity contribution in [1.82, 2.24) is 25.2 Å². The minimum absolute atomic E-state index is 0.0490. The lowest BCUT2D eigenvalue weighted by atomic mass is 10.1. The number of carbonyl (C=O) groups is 1. The summed E-state index contributed by atoms with van der Waals surface area (Å²) in [6.07, 6.45) is 5.31. The van der Waals surface area contributed by atoms with E-state index in [9.17, 15) is 4.79 Å². The molecular weight excluding hydrogens is 254 g/mol. The van der Waals surface area contributed by atoms with Gasteiger partial charge in [0.1, 0.15) is 6.54 Å². The SMILES string of the molecule is CC(C)(C)NCc1cn(CC(=O)N2CCCCC2)nn1. The van der Waals surface area contributed by atoms with Crippen LogP contribution in [0.4, 0.5) is 0 Å². The van der Waals surface area contributed by atoms with E-state index in [-0.39, 0.29) is 11.4 Å². The van der Waals surface area contributed by atoms with Crippen LogP contribution in [0.2, 0.25) is 0 Å². The largest absolute Gasteiger partial charge is 0.341 e. The van der Waals surface area contributed by atoms with Crippen molar-refractivity contribution < 1.29 is 4.79 Å². The van der Waals surface area contributed by atoms with Gasteiger partial charge in [0, 0.05) is 25.2 Å². The van der Waals surface area contributed by atoms with Crippen LogP contribution >= 0.6 is 0 Å². The van der Waals surface area contributed by atoms with Gasteiger partial charge in [-0.15, -0.1) is 5.10 Å². The Hall–Kier alpha value is -1.43. The van der Waals surface area contributed by atoms with Gasteiger partial charge in [0.2, 0.25) is 5.91 Å². The predicted octanol–water partition coefficient (Wildman–Crippen LogP) is 1.18. The van der Waals surface area contributed by atoms with E-state index in [0.717, 1.165) is 31.6 Å². The summed E-state index contributed by atoms with van der Waals surface area (Å²) in [6.45, 7) is 9.05. The fourth-order valence-corrected chi connectivity index (χ4v) is 2.23. The second-order valence-corrected chi connectivity index (χ2v) is 6.45. The van der Waals surface area contributed by atoms with E-state index >= 15 is 0 Å². The van der Waals surface area contributed by atoms with Crippen molar-refractivity contribution in [2.24, 2.45) is 0 Å². The van der Waals surface area contributed by atoms with Gasteiger partial charge in [0.15, 0.2) is 0 Å². The molecule has 0 atom stereocenters. The number of likely N-dealkylation sites (tertiary alicyclic amines) is 1. The second-order valence-electron chi connectivity index (χ2n) is 6.45. The van der Waals surface area contributed by atoms with Crippen LogP contribution < -0.4 is 5.32 Å². The number of hydrogen-bond donors (Lipinski definition) is 1. The van der Waals surface area contributed by atoms with Gasteiger partial charge < -0.3 is 10.2 Å². The highest BCUT2D eigenvalue weighted by molar-refractivity contribution is 5.75. The Labute approximate surface area is 120 Å². The first-order valence-corrected chi connectivity index (χ1v) is 7.36. The van der Waals surface area contributed by atoms with E-state index in [1.54, 1.807) is 4.68 Å². The van der Waals surface area contributed by atoms with Crippen LogP contribution in [0.15, 0.2) is 6.20 Å². The van der Waals surface area contributed by atoms with Crippen LogP contribution in [0.3, 0.4) is 0 Å². The van der Waals surface area contributed by atoms with Crippen molar-refractivity contribution in [3.8, 4) is 0 Å². The number of nitrogens with one attached hydrogen (secondary N) is 1. The molecule has 1 aromatic rings. The summed E-state index contributed by atoms with van der Waals surface area (Å²) in [5, 5.41) is 11.5. The van der Waals surface area contributed by atoms with Crippen molar-refractivity contribution in [3.05, 3.63) is 11.9 Å². The summed E-state index contributed by atoms with van der Waals surface area (Å²) >= 11 is 0. The molecule has 0 aromatic carbocycles. The van der Waals surface area contributed by atoms with Crippen LogP contribution in [0, 0.1) is 0 Å². The maximum absolute atomic E-state index is 12.1. The molecule has 1 fully saturated rings. The number of rotatable bonds is 4. The van der Waals surface area contributed by atoms with Gasteiger partial charge in [0.25, 0.3) is 0 Å². The molecule has 0 bridgehead atoms. The molecule has 6 nitrogen and oxygen atoms in total. The van der Waals surface area contributed by atoms with Gasteiger partial charge >= 0.3 is 0 Å². The average molecular weight is 279 g/mol. The van der Waals surface area contributed by atoms with Gasteiger partial charge in [0.05, 0.1) is 11.9 Å². The zero-order valence-corrected chi connectivity index (χ0v) is 12.7. The van der Waals surface area contributed by atoms with Gasteiger partial charge in [-0.05, 0) is 40.0 Å². The molecule has 1 aliphatic rings. The monoisotopic (exact) mass is 279 g/mol. The van der Waals surface area contributed by atoms with E-state index in [0.29, 0.717) is 13.1 Å². The van der Waals surface area contributed by atoms with Crippen molar-refractivity contribution in [2.45, 2.75) is 58.7 Å². The molecule has 1 aliphatic heterocycles. The summed E-state index contributed by atoms with van der Waals surface area (Å²) in [5.41, 5.74) is 0.916. The summed E-state index contributed by atoms with van der Waals surface area (Å²) in [7, 11) is 0. The standard InChI is InChI=1S/C14H25N5O/c1-14(2,3)15-9-12-10-19(17-16-12)11-13(20)18-7-5-4-6-8-18/h10,15H,4-9,11H2,1-3H3. The highest BCUT2D eigenvalue weighted by Gasteiger charge is 2.17. The zero-order chi connectivity index (χ0) is 14.6. The molecule has 20 heavy (non-hydrogen) atoms. The Kier molecular flexibility index (Phi) is 4.75. The van der Waals surface area contributed by atoms with E-state index in [2.05, 4.69) is 36.4 Å². The van der Waals surface area contributed by atoms with Crippen molar-refractivity contribution >= 4 is 5.91 Å². The fourth-order valence-electron chi connectivity index (χ4n) is 2.23. The molecule has 0 unspecified atom stereocenters. The smallest absolute Gasteiger partial charge is 0.244 e. The number of hydrogen-bond acceptors (Lipinski definition) is 4. The molecule has 2 rings (SSSR count). The molecule has 0 aliphatic carbocycles. The Balaban J connectivity index is 1.84.